The van der Waals surface area contributed by atoms with Crippen LogP contribution in [0.4, 0.5) is 0 Å². The number of aliphatic hydroxyl groups excluding tert-OH is 1. The third-order valence-corrected chi connectivity index (χ3v) is 4.42. The first-order valence-electron chi connectivity index (χ1n) is 4.48. The Labute approximate surface area is 90.7 Å². The average Bonchev–Trinajstić information content (AvgIpc) is 2.10. The first kappa shape index (κ1) is 14.8. The van der Waals surface area contributed by atoms with Crippen molar-refractivity contribution < 1.29 is 21.9 Å². The van der Waals surface area contributed by atoms with E-state index in [-0.39, 0.29) is 6.61 Å². The monoisotopic (exact) mass is 259 g/mol. The molecular weight excluding hydrogens is 242 g/mol. The fourth-order valence-corrected chi connectivity index (χ4v) is 3.78. The van der Waals surface area contributed by atoms with E-state index in [1.165, 1.54) is 0 Å². The number of hydrogen-bond donors (Lipinski definition) is 2. The van der Waals surface area contributed by atoms with Crippen LogP contribution in [-0.2, 0) is 19.9 Å². The van der Waals surface area contributed by atoms with E-state index >= 15 is 0 Å². The van der Waals surface area contributed by atoms with Crippen molar-refractivity contribution in [1.29, 1.82) is 0 Å². The summed E-state index contributed by atoms with van der Waals surface area (Å²) in [6.07, 6.45) is 1.43. The van der Waals surface area contributed by atoms with Gasteiger partial charge < -0.3 is 5.11 Å². The highest BCUT2D eigenvalue weighted by atomic mass is 32.2. The lowest BCUT2D eigenvalue weighted by atomic mass is 10.3. The highest BCUT2D eigenvalue weighted by Crippen LogP contribution is 1.95. The van der Waals surface area contributed by atoms with E-state index in [2.05, 4.69) is 4.72 Å². The highest BCUT2D eigenvalue weighted by Gasteiger charge is 2.17. The van der Waals surface area contributed by atoms with Crippen molar-refractivity contribution >= 4 is 19.9 Å². The van der Waals surface area contributed by atoms with Crippen LogP contribution in [0.5, 0.6) is 0 Å². The maximum atomic E-state index is 11.3. The Bertz CT molecular complexity index is 368. The van der Waals surface area contributed by atoms with E-state index in [1.54, 1.807) is 6.92 Å². The predicted molar refractivity (Wildman–Crippen MR) is 57.8 cm³/mol. The summed E-state index contributed by atoms with van der Waals surface area (Å²) in [5, 5.41) is 8.77. The SMILES string of the molecule is CCC(CO)NS(=O)(=O)CCS(C)(=O)=O. The summed E-state index contributed by atoms with van der Waals surface area (Å²) in [5.41, 5.74) is 0. The molecule has 0 amide bonds. The van der Waals surface area contributed by atoms with Gasteiger partial charge >= 0.3 is 0 Å². The van der Waals surface area contributed by atoms with Gasteiger partial charge in [0.05, 0.1) is 18.1 Å². The van der Waals surface area contributed by atoms with E-state index in [1.807, 2.05) is 0 Å². The molecule has 1 unspecified atom stereocenters. The Balaban J connectivity index is 4.32. The van der Waals surface area contributed by atoms with Gasteiger partial charge in [0.15, 0.2) is 0 Å². The van der Waals surface area contributed by atoms with Crippen molar-refractivity contribution in [3.63, 3.8) is 0 Å². The van der Waals surface area contributed by atoms with Crippen molar-refractivity contribution in [2.75, 3.05) is 24.4 Å². The van der Waals surface area contributed by atoms with Crippen LogP contribution in [-0.4, -0.2) is 52.4 Å². The maximum absolute atomic E-state index is 11.3. The molecule has 0 heterocycles. The van der Waals surface area contributed by atoms with E-state index < -0.39 is 37.4 Å². The van der Waals surface area contributed by atoms with Crippen molar-refractivity contribution in [2.24, 2.45) is 0 Å². The second kappa shape index (κ2) is 5.78. The number of aliphatic hydroxyl groups is 1. The van der Waals surface area contributed by atoms with Gasteiger partial charge in [-0.2, -0.15) is 0 Å². The minimum atomic E-state index is -3.63. The zero-order valence-corrected chi connectivity index (χ0v) is 10.4. The fraction of sp³-hybridized carbons (Fsp3) is 1.00. The standard InChI is InChI=1S/C7H17NO5S2/c1-3-7(6-9)8-15(12,13)5-4-14(2,10)11/h7-9H,3-6H2,1-2H3. The van der Waals surface area contributed by atoms with Crippen molar-refractivity contribution in [3.05, 3.63) is 0 Å². The van der Waals surface area contributed by atoms with Crippen LogP contribution in [0.2, 0.25) is 0 Å². The average molecular weight is 259 g/mol. The minimum absolute atomic E-state index is 0.297. The molecule has 0 aliphatic heterocycles. The molecule has 0 aliphatic rings. The van der Waals surface area contributed by atoms with Gasteiger partial charge in [0, 0.05) is 12.3 Å². The molecule has 2 N–H and O–H groups in total. The van der Waals surface area contributed by atoms with Gasteiger partial charge in [0.25, 0.3) is 0 Å². The van der Waals surface area contributed by atoms with Crippen LogP contribution in [0.3, 0.4) is 0 Å². The molecular formula is C7H17NO5S2. The molecule has 6 nitrogen and oxygen atoms in total. The molecule has 15 heavy (non-hydrogen) atoms. The second-order valence-corrected chi connectivity index (χ2v) is 7.49. The lowest BCUT2D eigenvalue weighted by molar-refractivity contribution is 0.254. The van der Waals surface area contributed by atoms with Gasteiger partial charge in [-0.1, -0.05) is 6.92 Å². The molecule has 0 rings (SSSR count). The van der Waals surface area contributed by atoms with Crippen molar-refractivity contribution in [2.45, 2.75) is 19.4 Å². The molecule has 0 saturated carbocycles. The lowest BCUT2D eigenvalue weighted by Gasteiger charge is -2.13. The number of hydrogen-bond acceptors (Lipinski definition) is 5. The number of nitrogens with one attached hydrogen (secondary N) is 1. The molecule has 1 atom stereocenters. The van der Waals surface area contributed by atoms with Gasteiger partial charge in [-0.3, -0.25) is 0 Å². The summed E-state index contributed by atoms with van der Waals surface area (Å²) in [5.74, 6) is -0.882. The van der Waals surface area contributed by atoms with Crippen LogP contribution in [0.25, 0.3) is 0 Å². The molecule has 0 aromatic rings. The summed E-state index contributed by atoms with van der Waals surface area (Å²) >= 11 is 0. The fourth-order valence-electron chi connectivity index (χ4n) is 0.824. The van der Waals surface area contributed by atoms with Crippen molar-refractivity contribution in [1.82, 2.24) is 4.72 Å². The summed E-state index contributed by atoms with van der Waals surface area (Å²) in [7, 11) is -6.92. The molecule has 0 aromatic heterocycles. The number of rotatable bonds is 7. The van der Waals surface area contributed by atoms with Gasteiger partial charge in [0.1, 0.15) is 9.84 Å². The van der Waals surface area contributed by atoms with Crippen LogP contribution in [0.1, 0.15) is 13.3 Å². The molecule has 0 fully saturated rings. The predicted octanol–water partition coefficient (Wildman–Crippen LogP) is -1.28. The molecule has 0 aliphatic carbocycles. The molecule has 92 valence electrons. The third kappa shape index (κ3) is 7.71. The Morgan fingerprint density at radius 1 is 1.20 bits per heavy atom. The Morgan fingerprint density at radius 2 is 1.73 bits per heavy atom. The zero-order valence-electron chi connectivity index (χ0n) is 8.80. The van der Waals surface area contributed by atoms with Gasteiger partial charge in [-0.15, -0.1) is 0 Å². The molecule has 0 spiro atoms. The van der Waals surface area contributed by atoms with Crippen molar-refractivity contribution in [3.8, 4) is 0 Å². The third-order valence-electron chi connectivity index (χ3n) is 1.78. The first-order valence-corrected chi connectivity index (χ1v) is 8.20. The summed E-state index contributed by atoms with van der Waals surface area (Å²) in [4.78, 5) is 0. The molecule has 0 bridgehead atoms. The molecule has 0 aromatic carbocycles. The first-order chi connectivity index (χ1) is 6.70. The van der Waals surface area contributed by atoms with E-state index in [0.717, 1.165) is 6.26 Å². The Hall–Kier alpha value is -0.180. The molecule has 0 radical (unpaired) electrons. The number of sulfonamides is 1. The minimum Gasteiger partial charge on any atom is -0.395 e. The van der Waals surface area contributed by atoms with E-state index in [9.17, 15) is 16.8 Å². The highest BCUT2D eigenvalue weighted by molar-refractivity contribution is 7.93. The van der Waals surface area contributed by atoms with Crippen LogP contribution < -0.4 is 4.72 Å². The Kier molecular flexibility index (Phi) is 5.71. The van der Waals surface area contributed by atoms with Crippen LogP contribution in [0, 0.1) is 0 Å². The second-order valence-electron chi connectivity index (χ2n) is 3.35. The van der Waals surface area contributed by atoms with Gasteiger partial charge in [0.2, 0.25) is 10.0 Å². The van der Waals surface area contributed by atoms with Gasteiger partial charge in [-0.05, 0) is 6.42 Å². The normalized spacial score (nSPS) is 15.1. The zero-order chi connectivity index (χ0) is 12.1. The summed E-state index contributed by atoms with van der Waals surface area (Å²) in [6.45, 7) is 1.43. The van der Waals surface area contributed by atoms with Crippen LogP contribution in [0.15, 0.2) is 0 Å². The van der Waals surface area contributed by atoms with E-state index in [4.69, 9.17) is 5.11 Å². The van der Waals surface area contributed by atoms with Crippen LogP contribution >= 0.6 is 0 Å². The largest absolute Gasteiger partial charge is 0.395 e. The van der Waals surface area contributed by atoms with Gasteiger partial charge in [-0.25, -0.2) is 21.6 Å². The summed E-state index contributed by atoms with van der Waals surface area (Å²) < 4.78 is 46.4. The topological polar surface area (TPSA) is 101 Å². The maximum Gasteiger partial charge on any atom is 0.212 e. The number of sulfone groups is 1. The lowest BCUT2D eigenvalue weighted by Crippen LogP contribution is -2.39. The molecule has 0 saturated heterocycles. The quantitative estimate of drug-likeness (QED) is 0.593. The molecule has 8 heteroatoms. The smallest absolute Gasteiger partial charge is 0.212 e. The summed E-state index contributed by atoms with van der Waals surface area (Å²) in [6, 6.07) is -0.547. The van der Waals surface area contributed by atoms with E-state index in [0.29, 0.717) is 6.42 Å². The Morgan fingerprint density at radius 3 is 2.07 bits per heavy atom.